The lowest BCUT2D eigenvalue weighted by atomic mass is 10.2. The lowest BCUT2D eigenvalue weighted by Gasteiger charge is -2.02. The van der Waals surface area contributed by atoms with Gasteiger partial charge in [0.2, 0.25) is 0 Å². The molecule has 0 fully saturated rings. The molecule has 0 aromatic heterocycles. The molecule has 1 aromatic carbocycles. The van der Waals surface area contributed by atoms with Crippen LogP contribution in [-0.2, 0) is 0 Å². The third-order valence-corrected chi connectivity index (χ3v) is 1.61. The zero-order chi connectivity index (χ0) is 9.52. The van der Waals surface area contributed by atoms with Crippen LogP contribution in [-0.4, -0.2) is 6.61 Å². The van der Waals surface area contributed by atoms with E-state index in [4.69, 9.17) is 4.74 Å². The molecule has 1 nitrogen and oxygen atoms in total. The van der Waals surface area contributed by atoms with E-state index in [0.29, 0.717) is 6.61 Å². The maximum Gasteiger partial charge on any atom is 0.119 e. The van der Waals surface area contributed by atoms with Gasteiger partial charge in [-0.1, -0.05) is 36.9 Å². The molecule has 13 heavy (non-hydrogen) atoms. The standard InChI is InChI=1S/C12H14O/c1-3-5-11-6-8-12(9-7-11)13-10-4-2/h3-9H,2,10H2,1H3. The fraction of sp³-hybridized carbons (Fsp3) is 0.167. The Morgan fingerprint density at radius 2 is 2.00 bits per heavy atom. The van der Waals surface area contributed by atoms with Crippen LogP contribution in [0.15, 0.2) is 43.0 Å². The molecule has 0 radical (unpaired) electrons. The van der Waals surface area contributed by atoms with E-state index in [1.165, 1.54) is 5.56 Å². The summed E-state index contributed by atoms with van der Waals surface area (Å²) >= 11 is 0. The molecule has 1 heteroatoms. The van der Waals surface area contributed by atoms with Gasteiger partial charge in [-0.25, -0.2) is 0 Å². The van der Waals surface area contributed by atoms with Crippen molar-refractivity contribution in [2.24, 2.45) is 0 Å². The summed E-state index contributed by atoms with van der Waals surface area (Å²) in [7, 11) is 0. The van der Waals surface area contributed by atoms with Crippen molar-refractivity contribution >= 4 is 6.08 Å². The molecular formula is C12H14O. The third-order valence-electron chi connectivity index (χ3n) is 1.61. The highest BCUT2D eigenvalue weighted by atomic mass is 16.5. The van der Waals surface area contributed by atoms with Crippen LogP contribution < -0.4 is 4.74 Å². The van der Waals surface area contributed by atoms with Crippen molar-refractivity contribution in [3.05, 3.63) is 48.6 Å². The summed E-state index contributed by atoms with van der Waals surface area (Å²) in [5.74, 6) is 0.883. The molecule has 0 N–H and O–H groups in total. The molecular weight excluding hydrogens is 160 g/mol. The molecule has 0 unspecified atom stereocenters. The maximum absolute atomic E-state index is 5.35. The van der Waals surface area contributed by atoms with Crippen LogP contribution in [0.3, 0.4) is 0 Å². The minimum Gasteiger partial charge on any atom is -0.490 e. The van der Waals surface area contributed by atoms with Crippen LogP contribution in [0.1, 0.15) is 12.5 Å². The van der Waals surface area contributed by atoms with Crippen molar-refractivity contribution in [3.8, 4) is 5.75 Å². The fourth-order valence-electron chi connectivity index (χ4n) is 1.02. The number of ether oxygens (including phenoxy) is 1. The Labute approximate surface area is 79.4 Å². The first-order valence-corrected chi connectivity index (χ1v) is 4.33. The summed E-state index contributed by atoms with van der Waals surface area (Å²) in [6.07, 6.45) is 5.80. The zero-order valence-electron chi connectivity index (χ0n) is 7.86. The Bertz CT molecular complexity index is 282. The summed E-state index contributed by atoms with van der Waals surface area (Å²) in [4.78, 5) is 0. The molecule has 0 spiro atoms. The highest BCUT2D eigenvalue weighted by Gasteiger charge is 1.90. The normalized spacial score (nSPS) is 10.2. The van der Waals surface area contributed by atoms with Crippen LogP contribution >= 0.6 is 0 Å². The van der Waals surface area contributed by atoms with Crippen LogP contribution in [0.5, 0.6) is 5.75 Å². The van der Waals surface area contributed by atoms with E-state index in [1.54, 1.807) is 6.08 Å². The lowest BCUT2D eigenvalue weighted by Crippen LogP contribution is -1.91. The topological polar surface area (TPSA) is 9.23 Å². The molecule has 0 saturated carbocycles. The Morgan fingerprint density at radius 3 is 2.54 bits per heavy atom. The maximum atomic E-state index is 5.35. The van der Waals surface area contributed by atoms with Gasteiger partial charge in [0.1, 0.15) is 12.4 Å². The van der Waals surface area contributed by atoms with Crippen molar-refractivity contribution in [2.75, 3.05) is 6.61 Å². The lowest BCUT2D eigenvalue weighted by molar-refractivity contribution is 0.363. The third kappa shape index (κ3) is 3.16. The molecule has 0 heterocycles. The molecule has 0 saturated heterocycles. The van der Waals surface area contributed by atoms with Gasteiger partial charge < -0.3 is 4.74 Å². The van der Waals surface area contributed by atoms with E-state index in [0.717, 1.165) is 5.75 Å². The predicted octanol–water partition coefficient (Wildman–Crippen LogP) is 3.28. The van der Waals surface area contributed by atoms with Gasteiger partial charge in [0.05, 0.1) is 0 Å². The Balaban J connectivity index is 2.63. The zero-order valence-corrected chi connectivity index (χ0v) is 7.86. The fourth-order valence-corrected chi connectivity index (χ4v) is 1.02. The van der Waals surface area contributed by atoms with Crippen LogP contribution in [0, 0.1) is 0 Å². The highest BCUT2D eigenvalue weighted by Crippen LogP contribution is 2.12. The molecule has 0 aliphatic carbocycles. The molecule has 0 amide bonds. The SMILES string of the molecule is C=CCOc1ccc(C=CC)cc1. The smallest absolute Gasteiger partial charge is 0.119 e. The summed E-state index contributed by atoms with van der Waals surface area (Å²) in [5, 5.41) is 0. The predicted molar refractivity (Wildman–Crippen MR) is 56.8 cm³/mol. The molecule has 68 valence electrons. The van der Waals surface area contributed by atoms with Crippen molar-refractivity contribution in [2.45, 2.75) is 6.92 Å². The van der Waals surface area contributed by atoms with Crippen molar-refractivity contribution in [3.63, 3.8) is 0 Å². The number of allylic oxidation sites excluding steroid dienone is 1. The van der Waals surface area contributed by atoms with Gasteiger partial charge in [0.15, 0.2) is 0 Å². The molecule has 0 atom stereocenters. The average molecular weight is 174 g/mol. The van der Waals surface area contributed by atoms with E-state index >= 15 is 0 Å². The second kappa shape index (κ2) is 5.20. The van der Waals surface area contributed by atoms with Gasteiger partial charge in [0.25, 0.3) is 0 Å². The van der Waals surface area contributed by atoms with Crippen molar-refractivity contribution < 1.29 is 4.74 Å². The Kier molecular flexibility index (Phi) is 3.83. The summed E-state index contributed by atoms with van der Waals surface area (Å²) < 4.78 is 5.35. The monoisotopic (exact) mass is 174 g/mol. The largest absolute Gasteiger partial charge is 0.490 e. The highest BCUT2D eigenvalue weighted by molar-refractivity contribution is 5.50. The molecule has 0 aliphatic heterocycles. The Hall–Kier alpha value is -1.50. The molecule has 0 bridgehead atoms. The van der Waals surface area contributed by atoms with E-state index < -0.39 is 0 Å². The van der Waals surface area contributed by atoms with Gasteiger partial charge >= 0.3 is 0 Å². The quantitative estimate of drug-likeness (QED) is 0.636. The first-order valence-electron chi connectivity index (χ1n) is 4.33. The van der Waals surface area contributed by atoms with E-state index in [-0.39, 0.29) is 0 Å². The van der Waals surface area contributed by atoms with Crippen LogP contribution in [0.25, 0.3) is 6.08 Å². The van der Waals surface area contributed by atoms with Crippen LogP contribution in [0.2, 0.25) is 0 Å². The van der Waals surface area contributed by atoms with E-state index in [2.05, 4.69) is 12.7 Å². The number of hydrogen-bond acceptors (Lipinski definition) is 1. The van der Waals surface area contributed by atoms with E-state index in [9.17, 15) is 0 Å². The second-order valence-corrected chi connectivity index (χ2v) is 2.67. The van der Waals surface area contributed by atoms with Crippen molar-refractivity contribution in [1.82, 2.24) is 0 Å². The van der Waals surface area contributed by atoms with Gasteiger partial charge in [0, 0.05) is 0 Å². The molecule has 1 rings (SSSR count). The first-order chi connectivity index (χ1) is 6.36. The Morgan fingerprint density at radius 1 is 1.31 bits per heavy atom. The van der Waals surface area contributed by atoms with E-state index in [1.807, 2.05) is 37.3 Å². The number of hydrogen-bond donors (Lipinski definition) is 0. The minimum absolute atomic E-state index is 0.558. The summed E-state index contributed by atoms with van der Waals surface area (Å²) in [6, 6.07) is 7.97. The summed E-state index contributed by atoms with van der Waals surface area (Å²) in [5.41, 5.74) is 1.19. The van der Waals surface area contributed by atoms with Gasteiger partial charge in [-0.3, -0.25) is 0 Å². The number of benzene rings is 1. The second-order valence-electron chi connectivity index (χ2n) is 2.67. The van der Waals surface area contributed by atoms with Crippen LogP contribution in [0.4, 0.5) is 0 Å². The first kappa shape index (κ1) is 9.59. The van der Waals surface area contributed by atoms with Gasteiger partial charge in [-0.2, -0.15) is 0 Å². The minimum atomic E-state index is 0.558. The van der Waals surface area contributed by atoms with Crippen molar-refractivity contribution in [1.29, 1.82) is 0 Å². The van der Waals surface area contributed by atoms with Gasteiger partial charge in [-0.05, 0) is 24.6 Å². The molecule has 0 aliphatic rings. The molecule has 1 aromatic rings. The average Bonchev–Trinajstić information content (AvgIpc) is 2.17. The summed E-state index contributed by atoms with van der Waals surface area (Å²) in [6.45, 7) is 6.15. The number of rotatable bonds is 4. The van der Waals surface area contributed by atoms with Gasteiger partial charge in [-0.15, -0.1) is 0 Å².